The third-order valence-corrected chi connectivity index (χ3v) is 2.83. The molecule has 0 radical (unpaired) electrons. The summed E-state index contributed by atoms with van der Waals surface area (Å²) in [5, 5.41) is 2.80. The third kappa shape index (κ3) is 12.3. The second-order valence-corrected chi connectivity index (χ2v) is 5.34. The smallest absolute Gasteiger partial charge is 0.222 e. The number of ether oxygens (including phenoxy) is 2. The number of amides is 2. The van der Waals surface area contributed by atoms with Crippen LogP contribution >= 0.6 is 0 Å². The second kappa shape index (κ2) is 12.6. The van der Waals surface area contributed by atoms with Crippen molar-refractivity contribution in [2.24, 2.45) is 5.92 Å². The third-order valence-electron chi connectivity index (χ3n) is 2.83. The minimum Gasteiger partial charge on any atom is -0.377 e. The summed E-state index contributed by atoms with van der Waals surface area (Å²) in [5.74, 6) is 0.553. The molecule has 1 N–H and O–H groups in total. The SMILES string of the molecule is CCC(=O)N(C)CCOCCOCCNC(=O)CC(C)C. The van der Waals surface area contributed by atoms with Crippen LogP contribution in [0.3, 0.4) is 0 Å². The van der Waals surface area contributed by atoms with Gasteiger partial charge in [-0.15, -0.1) is 0 Å². The molecule has 6 nitrogen and oxygen atoms in total. The molecule has 0 aromatic heterocycles. The number of likely N-dealkylation sites (N-methyl/N-ethyl adjacent to an activating group) is 1. The van der Waals surface area contributed by atoms with E-state index in [9.17, 15) is 9.59 Å². The Bertz CT molecular complexity index is 295. The average Bonchev–Trinajstić information content (AvgIpc) is 2.43. The molecular weight excluding hydrogens is 272 g/mol. The van der Waals surface area contributed by atoms with Gasteiger partial charge in [0.1, 0.15) is 0 Å². The molecule has 0 unspecified atom stereocenters. The molecule has 0 aliphatic carbocycles. The zero-order valence-corrected chi connectivity index (χ0v) is 13.8. The molecule has 0 aliphatic rings. The molecule has 0 heterocycles. The van der Waals surface area contributed by atoms with Crippen molar-refractivity contribution in [2.75, 3.05) is 46.6 Å². The minimum absolute atomic E-state index is 0.0634. The molecule has 124 valence electrons. The van der Waals surface area contributed by atoms with Gasteiger partial charge in [-0.1, -0.05) is 20.8 Å². The quantitative estimate of drug-likeness (QED) is 0.547. The largest absolute Gasteiger partial charge is 0.377 e. The van der Waals surface area contributed by atoms with E-state index in [1.165, 1.54) is 0 Å². The van der Waals surface area contributed by atoms with Crippen LogP contribution in [-0.4, -0.2) is 63.3 Å². The van der Waals surface area contributed by atoms with Gasteiger partial charge in [-0.05, 0) is 5.92 Å². The Morgan fingerprint density at radius 1 is 1.10 bits per heavy atom. The van der Waals surface area contributed by atoms with Crippen molar-refractivity contribution in [3.05, 3.63) is 0 Å². The zero-order chi connectivity index (χ0) is 16.1. The topological polar surface area (TPSA) is 67.9 Å². The van der Waals surface area contributed by atoms with Crippen LogP contribution < -0.4 is 5.32 Å². The highest BCUT2D eigenvalue weighted by Gasteiger charge is 2.05. The van der Waals surface area contributed by atoms with Crippen LogP contribution in [0.2, 0.25) is 0 Å². The van der Waals surface area contributed by atoms with E-state index in [0.717, 1.165) is 0 Å². The van der Waals surface area contributed by atoms with Crippen molar-refractivity contribution >= 4 is 11.8 Å². The van der Waals surface area contributed by atoms with Crippen LogP contribution in [0.25, 0.3) is 0 Å². The predicted octanol–water partition coefficient (Wildman–Crippen LogP) is 1.05. The van der Waals surface area contributed by atoms with Gasteiger partial charge < -0.3 is 19.7 Å². The normalized spacial score (nSPS) is 10.7. The van der Waals surface area contributed by atoms with E-state index in [2.05, 4.69) is 5.32 Å². The van der Waals surface area contributed by atoms with Gasteiger partial charge in [0.15, 0.2) is 0 Å². The molecular formula is C15H30N2O4. The fourth-order valence-electron chi connectivity index (χ4n) is 1.62. The lowest BCUT2D eigenvalue weighted by Gasteiger charge is -2.16. The summed E-state index contributed by atoms with van der Waals surface area (Å²) in [4.78, 5) is 24.3. The molecule has 6 heteroatoms. The number of carbonyl (C=O) groups excluding carboxylic acids is 2. The molecule has 0 atom stereocenters. The van der Waals surface area contributed by atoms with Gasteiger partial charge in [0, 0.05) is 33.0 Å². The van der Waals surface area contributed by atoms with Crippen molar-refractivity contribution in [3.8, 4) is 0 Å². The first-order valence-electron chi connectivity index (χ1n) is 7.63. The zero-order valence-electron chi connectivity index (χ0n) is 13.8. The Hall–Kier alpha value is -1.14. The van der Waals surface area contributed by atoms with Gasteiger partial charge in [0.05, 0.1) is 26.4 Å². The fraction of sp³-hybridized carbons (Fsp3) is 0.867. The summed E-state index contributed by atoms with van der Waals surface area (Å²) in [7, 11) is 1.77. The maximum absolute atomic E-state index is 11.3. The Kier molecular flexibility index (Phi) is 11.9. The molecule has 0 aliphatic heterocycles. The fourth-order valence-corrected chi connectivity index (χ4v) is 1.62. The number of rotatable bonds is 12. The van der Waals surface area contributed by atoms with E-state index < -0.39 is 0 Å². The van der Waals surface area contributed by atoms with Crippen molar-refractivity contribution in [2.45, 2.75) is 33.6 Å². The van der Waals surface area contributed by atoms with E-state index in [-0.39, 0.29) is 11.8 Å². The maximum Gasteiger partial charge on any atom is 0.222 e. The first-order chi connectivity index (χ1) is 9.97. The molecule has 2 amide bonds. The molecule has 0 saturated carbocycles. The van der Waals surface area contributed by atoms with E-state index in [1.807, 2.05) is 20.8 Å². The van der Waals surface area contributed by atoms with E-state index in [4.69, 9.17) is 9.47 Å². The first-order valence-corrected chi connectivity index (χ1v) is 7.63. The van der Waals surface area contributed by atoms with E-state index in [0.29, 0.717) is 58.3 Å². The van der Waals surface area contributed by atoms with Crippen molar-refractivity contribution in [1.82, 2.24) is 10.2 Å². The number of nitrogens with one attached hydrogen (secondary N) is 1. The van der Waals surface area contributed by atoms with Crippen molar-refractivity contribution < 1.29 is 19.1 Å². The minimum atomic E-state index is 0.0634. The van der Waals surface area contributed by atoms with E-state index in [1.54, 1.807) is 11.9 Å². The number of nitrogens with zero attached hydrogens (tertiary/aromatic N) is 1. The average molecular weight is 302 g/mol. The molecule has 0 spiro atoms. The summed E-state index contributed by atoms with van der Waals surface area (Å²) >= 11 is 0. The molecule has 0 rings (SSSR count). The Morgan fingerprint density at radius 2 is 1.71 bits per heavy atom. The molecule has 0 aromatic carbocycles. The van der Waals surface area contributed by atoms with Crippen molar-refractivity contribution in [3.63, 3.8) is 0 Å². The van der Waals surface area contributed by atoms with Gasteiger partial charge in [0.25, 0.3) is 0 Å². The van der Waals surface area contributed by atoms with Gasteiger partial charge in [-0.25, -0.2) is 0 Å². The number of carbonyl (C=O) groups is 2. The highest BCUT2D eigenvalue weighted by Crippen LogP contribution is 1.97. The molecule has 0 saturated heterocycles. The predicted molar refractivity (Wildman–Crippen MR) is 82.0 cm³/mol. The highest BCUT2D eigenvalue weighted by atomic mass is 16.5. The molecule has 0 bridgehead atoms. The van der Waals surface area contributed by atoms with Crippen LogP contribution in [0, 0.1) is 5.92 Å². The Labute approximate surface area is 128 Å². The lowest BCUT2D eigenvalue weighted by Crippen LogP contribution is -2.30. The number of hydrogen-bond donors (Lipinski definition) is 1. The molecule has 0 fully saturated rings. The van der Waals surface area contributed by atoms with Gasteiger partial charge >= 0.3 is 0 Å². The second-order valence-electron chi connectivity index (χ2n) is 5.34. The Balaban J connectivity index is 3.30. The summed E-state index contributed by atoms with van der Waals surface area (Å²) in [6.45, 7) is 8.97. The summed E-state index contributed by atoms with van der Waals surface area (Å²) in [5.41, 5.74) is 0. The lowest BCUT2D eigenvalue weighted by molar-refractivity contribution is -0.130. The monoisotopic (exact) mass is 302 g/mol. The standard InChI is InChI=1S/C15H30N2O4/c1-5-15(19)17(4)7-9-21-11-10-20-8-6-16-14(18)12-13(2)3/h13H,5-12H2,1-4H3,(H,16,18). The van der Waals surface area contributed by atoms with Crippen LogP contribution in [0.15, 0.2) is 0 Å². The first kappa shape index (κ1) is 19.9. The lowest BCUT2D eigenvalue weighted by atomic mass is 10.1. The van der Waals surface area contributed by atoms with E-state index >= 15 is 0 Å². The highest BCUT2D eigenvalue weighted by molar-refractivity contribution is 5.76. The van der Waals surface area contributed by atoms with Crippen molar-refractivity contribution in [1.29, 1.82) is 0 Å². The van der Waals surface area contributed by atoms with Gasteiger partial charge in [-0.3, -0.25) is 9.59 Å². The molecule has 21 heavy (non-hydrogen) atoms. The summed E-state index contributed by atoms with van der Waals surface area (Å²) in [6, 6.07) is 0. The maximum atomic E-state index is 11.3. The van der Waals surface area contributed by atoms with Crippen LogP contribution in [0.5, 0.6) is 0 Å². The Morgan fingerprint density at radius 3 is 2.29 bits per heavy atom. The summed E-state index contributed by atoms with van der Waals surface area (Å²) in [6.07, 6.45) is 1.06. The van der Waals surface area contributed by atoms with Crippen LogP contribution in [-0.2, 0) is 19.1 Å². The van der Waals surface area contributed by atoms with Gasteiger partial charge in [0.2, 0.25) is 11.8 Å². The van der Waals surface area contributed by atoms with Crippen LogP contribution in [0.1, 0.15) is 33.6 Å². The summed E-state index contributed by atoms with van der Waals surface area (Å²) < 4.78 is 10.7. The van der Waals surface area contributed by atoms with Crippen LogP contribution in [0.4, 0.5) is 0 Å². The number of hydrogen-bond acceptors (Lipinski definition) is 4. The van der Waals surface area contributed by atoms with Gasteiger partial charge in [-0.2, -0.15) is 0 Å². The molecule has 0 aromatic rings.